The molecule has 1 saturated carbocycles. The Morgan fingerprint density at radius 3 is 2.58 bits per heavy atom. The summed E-state index contributed by atoms with van der Waals surface area (Å²) in [4.78, 5) is 12.5. The van der Waals surface area contributed by atoms with Gasteiger partial charge in [0, 0.05) is 18.2 Å². The molecule has 26 heavy (non-hydrogen) atoms. The lowest BCUT2D eigenvalue weighted by Gasteiger charge is -2.24. The standard InChI is InChI=1S/C20H30N2O4/c1-24-17-9-8-13(18(25-2)19(17)26-3)10-11-21-20(23)16-12-14-6-4-5-7-15(14)22-16/h8-9,14-16,22H,4-7,10-12H2,1-3H3,(H,21,23). The molecular weight excluding hydrogens is 332 g/mol. The van der Waals surface area contributed by atoms with Gasteiger partial charge in [-0.3, -0.25) is 4.79 Å². The molecule has 3 unspecified atom stereocenters. The van der Waals surface area contributed by atoms with Crippen molar-refractivity contribution in [3.8, 4) is 17.2 Å². The van der Waals surface area contributed by atoms with Crippen LogP contribution in [0.4, 0.5) is 0 Å². The Morgan fingerprint density at radius 2 is 1.88 bits per heavy atom. The molecule has 1 saturated heterocycles. The van der Waals surface area contributed by atoms with E-state index >= 15 is 0 Å². The quantitative estimate of drug-likeness (QED) is 0.779. The second-order valence-corrected chi connectivity index (χ2v) is 7.14. The summed E-state index contributed by atoms with van der Waals surface area (Å²) in [6.45, 7) is 0.568. The van der Waals surface area contributed by atoms with Crippen molar-refractivity contribution in [1.29, 1.82) is 0 Å². The van der Waals surface area contributed by atoms with Gasteiger partial charge in [0.05, 0.1) is 27.4 Å². The first-order valence-corrected chi connectivity index (χ1v) is 9.49. The zero-order valence-corrected chi connectivity index (χ0v) is 16.0. The van der Waals surface area contributed by atoms with E-state index in [4.69, 9.17) is 14.2 Å². The third-order valence-corrected chi connectivity index (χ3v) is 5.66. The number of fused-ring (bicyclic) bond motifs is 1. The molecule has 144 valence electrons. The molecule has 3 atom stereocenters. The zero-order chi connectivity index (χ0) is 18.5. The van der Waals surface area contributed by atoms with Crippen LogP contribution in [0.2, 0.25) is 0 Å². The number of amides is 1. The molecule has 2 fully saturated rings. The van der Waals surface area contributed by atoms with Gasteiger partial charge in [0.25, 0.3) is 0 Å². The Hall–Kier alpha value is -1.95. The Morgan fingerprint density at radius 1 is 1.12 bits per heavy atom. The molecule has 0 spiro atoms. The van der Waals surface area contributed by atoms with E-state index in [1.54, 1.807) is 21.3 Å². The van der Waals surface area contributed by atoms with Crippen molar-refractivity contribution in [2.75, 3.05) is 27.9 Å². The second kappa shape index (κ2) is 8.62. The van der Waals surface area contributed by atoms with E-state index in [1.807, 2.05) is 12.1 Å². The molecule has 0 aromatic heterocycles. The molecule has 6 heteroatoms. The average Bonchev–Trinajstić information content (AvgIpc) is 3.11. The van der Waals surface area contributed by atoms with Crippen LogP contribution in [-0.2, 0) is 11.2 Å². The van der Waals surface area contributed by atoms with E-state index in [0.29, 0.717) is 42.2 Å². The summed E-state index contributed by atoms with van der Waals surface area (Å²) >= 11 is 0. The highest BCUT2D eigenvalue weighted by atomic mass is 16.5. The molecule has 1 aromatic carbocycles. The molecule has 3 rings (SSSR count). The van der Waals surface area contributed by atoms with Gasteiger partial charge in [-0.2, -0.15) is 0 Å². The van der Waals surface area contributed by atoms with Crippen molar-refractivity contribution in [3.05, 3.63) is 17.7 Å². The van der Waals surface area contributed by atoms with Gasteiger partial charge in [-0.25, -0.2) is 0 Å². The van der Waals surface area contributed by atoms with Gasteiger partial charge < -0.3 is 24.8 Å². The Balaban J connectivity index is 1.55. The fourth-order valence-corrected chi connectivity index (χ4v) is 4.32. The predicted octanol–water partition coefficient (Wildman–Crippen LogP) is 2.29. The van der Waals surface area contributed by atoms with E-state index in [9.17, 15) is 4.79 Å². The summed E-state index contributed by atoms with van der Waals surface area (Å²) < 4.78 is 16.2. The van der Waals surface area contributed by atoms with E-state index in [0.717, 1.165) is 12.0 Å². The molecule has 1 aliphatic carbocycles. The first-order chi connectivity index (χ1) is 12.7. The minimum absolute atomic E-state index is 0.0459. The lowest BCUT2D eigenvalue weighted by atomic mass is 9.85. The van der Waals surface area contributed by atoms with Gasteiger partial charge in [0.2, 0.25) is 11.7 Å². The molecular formula is C20H30N2O4. The van der Waals surface area contributed by atoms with Crippen molar-refractivity contribution in [3.63, 3.8) is 0 Å². The number of hydrogen-bond acceptors (Lipinski definition) is 5. The minimum atomic E-state index is -0.0459. The van der Waals surface area contributed by atoms with E-state index in [1.165, 1.54) is 25.7 Å². The number of carbonyl (C=O) groups is 1. The fourth-order valence-electron chi connectivity index (χ4n) is 4.32. The lowest BCUT2D eigenvalue weighted by Crippen LogP contribution is -2.43. The maximum Gasteiger partial charge on any atom is 0.237 e. The van der Waals surface area contributed by atoms with Crippen LogP contribution in [0.1, 0.15) is 37.7 Å². The molecule has 6 nitrogen and oxygen atoms in total. The largest absolute Gasteiger partial charge is 0.493 e. The molecule has 1 heterocycles. The summed E-state index contributed by atoms with van der Waals surface area (Å²) in [6.07, 6.45) is 6.69. The summed E-state index contributed by atoms with van der Waals surface area (Å²) in [5, 5.41) is 6.60. The molecule has 1 amide bonds. The molecule has 1 aromatic rings. The summed E-state index contributed by atoms with van der Waals surface area (Å²) in [5.74, 6) is 2.66. The maximum atomic E-state index is 12.5. The number of ether oxygens (including phenoxy) is 3. The molecule has 2 aliphatic rings. The van der Waals surface area contributed by atoms with Gasteiger partial charge >= 0.3 is 0 Å². The molecule has 1 aliphatic heterocycles. The van der Waals surface area contributed by atoms with Crippen LogP contribution in [0, 0.1) is 5.92 Å². The van der Waals surface area contributed by atoms with Crippen LogP contribution in [0.15, 0.2) is 12.1 Å². The first-order valence-electron chi connectivity index (χ1n) is 9.49. The van der Waals surface area contributed by atoms with E-state index in [-0.39, 0.29) is 11.9 Å². The van der Waals surface area contributed by atoms with Crippen LogP contribution in [0.5, 0.6) is 17.2 Å². The third kappa shape index (κ3) is 3.90. The SMILES string of the molecule is COc1ccc(CCNC(=O)C2CC3CCCCC3N2)c(OC)c1OC. The van der Waals surface area contributed by atoms with Crippen molar-refractivity contribution in [1.82, 2.24) is 10.6 Å². The van der Waals surface area contributed by atoms with Crippen LogP contribution in [0.25, 0.3) is 0 Å². The maximum absolute atomic E-state index is 12.5. The van der Waals surface area contributed by atoms with Crippen LogP contribution in [-0.4, -0.2) is 45.9 Å². The monoisotopic (exact) mass is 362 g/mol. The normalized spacial score (nSPS) is 24.7. The van der Waals surface area contributed by atoms with E-state index < -0.39 is 0 Å². The summed E-state index contributed by atoms with van der Waals surface area (Å²) in [7, 11) is 4.81. The molecule has 2 N–H and O–H groups in total. The van der Waals surface area contributed by atoms with Crippen LogP contribution >= 0.6 is 0 Å². The van der Waals surface area contributed by atoms with Crippen molar-refractivity contribution < 1.29 is 19.0 Å². The Kier molecular flexibility index (Phi) is 6.25. The summed E-state index contributed by atoms with van der Waals surface area (Å²) in [6, 6.07) is 4.30. The highest BCUT2D eigenvalue weighted by molar-refractivity contribution is 5.82. The van der Waals surface area contributed by atoms with Gasteiger partial charge in [0.1, 0.15) is 0 Å². The first kappa shape index (κ1) is 18.8. The van der Waals surface area contributed by atoms with E-state index in [2.05, 4.69) is 10.6 Å². The van der Waals surface area contributed by atoms with Crippen LogP contribution in [0.3, 0.4) is 0 Å². The predicted molar refractivity (Wildman–Crippen MR) is 100 cm³/mol. The third-order valence-electron chi connectivity index (χ3n) is 5.66. The molecule has 0 bridgehead atoms. The van der Waals surface area contributed by atoms with Crippen molar-refractivity contribution in [2.24, 2.45) is 5.92 Å². The van der Waals surface area contributed by atoms with Gasteiger partial charge in [-0.05, 0) is 37.7 Å². The number of nitrogens with one attached hydrogen (secondary N) is 2. The Labute approximate surface area is 155 Å². The fraction of sp³-hybridized carbons (Fsp3) is 0.650. The lowest BCUT2D eigenvalue weighted by molar-refractivity contribution is -0.122. The smallest absolute Gasteiger partial charge is 0.237 e. The number of methoxy groups -OCH3 is 3. The Bertz CT molecular complexity index is 620. The zero-order valence-electron chi connectivity index (χ0n) is 16.0. The topological polar surface area (TPSA) is 68.8 Å². The number of carbonyl (C=O) groups excluding carboxylic acids is 1. The van der Waals surface area contributed by atoms with Gasteiger partial charge in [0.15, 0.2) is 11.5 Å². The minimum Gasteiger partial charge on any atom is -0.493 e. The highest BCUT2D eigenvalue weighted by Crippen LogP contribution is 2.39. The summed E-state index contributed by atoms with van der Waals surface area (Å²) in [5.41, 5.74) is 0.985. The highest BCUT2D eigenvalue weighted by Gasteiger charge is 2.37. The van der Waals surface area contributed by atoms with Crippen LogP contribution < -0.4 is 24.8 Å². The number of hydrogen-bond donors (Lipinski definition) is 2. The second-order valence-electron chi connectivity index (χ2n) is 7.14. The van der Waals surface area contributed by atoms with Crippen molar-refractivity contribution >= 4 is 5.91 Å². The van der Waals surface area contributed by atoms with Gasteiger partial charge in [-0.1, -0.05) is 18.9 Å². The van der Waals surface area contributed by atoms with Gasteiger partial charge in [-0.15, -0.1) is 0 Å². The number of benzene rings is 1. The number of rotatable bonds is 7. The van der Waals surface area contributed by atoms with Crippen molar-refractivity contribution in [2.45, 2.75) is 50.6 Å². The average molecular weight is 362 g/mol. The molecule has 0 radical (unpaired) electrons.